The summed E-state index contributed by atoms with van der Waals surface area (Å²) in [5, 5.41) is 3.51. The van der Waals surface area contributed by atoms with Gasteiger partial charge in [0.2, 0.25) is 0 Å². The van der Waals surface area contributed by atoms with Gasteiger partial charge < -0.3 is 5.32 Å². The van der Waals surface area contributed by atoms with Crippen molar-refractivity contribution in [3.8, 4) is 0 Å². The highest BCUT2D eigenvalue weighted by atomic mass is 35.5. The van der Waals surface area contributed by atoms with E-state index in [9.17, 15) is 0 Å². The van der Waals surface area contributed by atoms with Crippen LogP contribution in [0.4, 0.5) is 0 Å². The van der Waals surface area contributed by atoms with E-state index in [4.69, 9.17) is 0 Å². The molecule has 0 spiro atoms. The summed E-state index contributed by atoms with van der Waals surface area (Å²) < 4.78 is 0. The van der Waals surface area contributed by atoms with Crippen molar-refractivity contribution < 1.29 is 0 Å². The molecule has 0 aromatic carbocycles. The maximum absolute atomic E-state index is 3.51. The van der Waals surface area contributed by atoms with E-state index in [0.717, 1.165) is 29.7 Å². The van der Waals surface area contributed by atoms with Crippen LogP contribution >= 0.6 is 12.4 Å². The zero-order valence-electron chi connectivity index (χ0n) is 8.33. The fraction of sp³-hybridized carbons (Fsp3) is 1.00. The smallest absolute Gasteiger partial charge is 0.00979 e. The molecule has 84 valence electrons. The Labute approximate surface area is 94.4 Å². The van der Waals surface area contributed by atoms with Crippen LogP contribution in [0.5, 0.6) is 0 Å². The zero-order chi connectivity index (χ0) is 8.13. The number of hydrogen-bond donors (Lipinski definition) is 1. The van der Waals surface area contributed by atoms with Gasteiger partial charge in [-0.3, -0.25) is 0 Å². The minimum atomic E-state index is 0. The third-order valence-corrected chi connectivity index (χ3v) is 4.80. The van der Waals surface area contributed by atoms with Gasteiger partial charge in [0.15, 0.2) is 0 Å². The summed E-state index contributed by atoms with van der Waals surface area (Å²) in [6.07, 6.45) is 7.67. The van der Waals surface area contributed by atoms with Crippen molar-refractivity contribution in [3.63, 3.8) is 0 Å². The maximum atomic E-state index is 3.51. The lowest BCUT2D eigenvalue weighted by atomic mass is 9.79. The summed E-state index contributed by atoms with van der Waals surface area (Å²) in [6, 6.07) is 0.884. The first-order valence-electron chi connectivity index (χ1n) is 5.57. The van der Waals surface area contributed by atoms with Gasteiger partial charge in [0, 0.05) is 6.04 Å². The SMILES string of the molecule is C.CNC1CC2CC1C1CCCC21.Cl. The summed E-state index contributed by atoms with van der Waals surface area (Å²) >= 11 is 0. The molecule has 0 aliphatic heterocycles. The van der Waals surface area contributed by atoms with Gasteiger partial charge in [-0.1, -0.05) is 13.8 Å². The molecule has 0 aromatic rings. The van der Waals surface area contributed by atoms with Crippen molar-refractivity contribution in [1.29, 1.82) is 0 Å². The highest BCUT2D eigenvalue weighted by Crippen LogP contribution is 2.58. The van der Waals surface area contributed by atoms with Crippen LogP contribution in [0.2, 0.25) is 0 Å². The van der Waals surface area contributed by atoms with Crippen LogP contribution in [0.1, 0.15) is 39.5 Å². The van der Waals surface area contributed by atoms with Gasteiger partial charge in [-0.15, -0.1) is 12.4 Å². The maximum Gasteiger partial charge on any atom is 0.00979 e. The molecule has 2 bridgehead atoms. The molecule has 14 heavy (non-hydrogen) atoms. The minimum absolute atomic E-state index is 0. The lowest BCUT2D eigenvalue weighted by molar-refractivity contribution is 0.215. The summed E-state index contributed by atoms with van der Waals surface area (Å²) in [5.74, 6) is 4.45. The van der Waals surface area contributed by atoms with Crippen molar-refractivity contribution >= 4 is 12.4 Å². The molecule has 5 unspecified atom stereocenters. The molecule has 1 N–H and O–H groups in total. The highest BCUT2D eigenvalue weighted by molar-refractivity contribution is 5.85. The number of nitrogens with one attached hydrogen (secondary N) is 1. The van der Waals surface area contributed by atoms with Gasteiger partial charge in [0.25, 0.3) is 0 Å². The van der Waals surface area contributed by atoms with Crippen molar-refractivity contribution in [2.75, 3.05) is 7.05 Å². The molecule has 0 heterocycles. The van der Waals surface area contributed by atoms with Gasteiger partial charge >= 0.3 is 0 Å². The van der Waals surface area contributed by atoms with Crippen LogP contribution in [-0.4, -0.2) is 13.1 Å². The number of hydrogen-bond acceptors (Lipinski definition) is 1. The lowest BCUT2D eigenvalue weighted by Crippen LogP contribution is -2.37. The Morgan fingerprint density at radius 3 is 2.43 bits per heavy atom. The predicted molar refractivity (Wildman–Crippen MR) is 63.9 cm³/mol. The first kappa shape index (κ1) is 12.3. The fourth-order valence-corrected chi connectivity index (χ4v) is 4.40. The molecular weight excluding hydrogens is 194 g/mol. The van der Waals surface area contributed by atoms with Crippen molar-refractivity contribution in [2.24, 2.45) is 23.7 Å². The molecule has 3 aliphatic rings. The van der Waals surface area contributed by atoms with E-state index in [1.807, 2.05) is 0 Å². The molecule has 2 heteroatoms. The largest absolute Gasteiger partial charge is 0.317 e. The third kappa shape index (κ3) is 1.49. The molecule has 3 rings (SSSR count). The molecule has 0 aromatic heterocycles. The average Bonchev–Trinajstić information content (AvgIpc) is 2.75. The molecule has 0 saturated heterocycles. The van der Waals surface area contributed by atoms with Crippen LogP contribution in [0.3, 0.4) is 0 Å². The Kier molecular flexibility index (Phi) is 3.87. The molecular formula is C12H24ClN. The molecule has 5 atom stereocenters. The van der Waals surface area contributed by atoms with E-state index in [-0.39, 0.29) is 19.8 Å². The second-order valence-electron chi connectivity index (χ2n) is 5.05. The standard InChI is InChI=1S/C11H19N.CH4.ClH/c1-12-11-6-7-5-10(11)9-4-2-3-8(7)9;;/h7-12H,2-6H2,1H3;1H4;1H. The predicted octanol–water partition coefficient (Wildman–Crippen LogP) is 3.09. The third-order valence-electron chi connectivity index (χ3n) is 4.80. The summed E-state index contributed by atoms with van der Waals surface area (Å²) in [6.45, 7) is 0. The molecule has 3 aliphatic carbocycles. The van der Waals surface area contributed by atoms with Gasteiger partial charge in [-0.05, 0) is 56.4 Å². The van der Waals surface area contributed by atoms with Crippen molar-refractivity contribution in [1.82, 2.24) is 5.32 Å². The monoisotopic (exact) mass is 217 g/mol. The van der Waals surface area contributed by atoms with Crippen molar-refractivity contribution in [3.05, 3.63) is 0 Å². The Morgan fingerprint density at radius 1 is 1.00 bits per heavy atom. The topological polar surface area (TPSA) is 12.0 Å². The van der Waals surface area contributed by atoms with Gasteiger partial charge in [-0.2, -0.15) is 0 Å². The van der Waals surface area contributed by atoms with E-state index in [1.165, 1.54) is 12.8 Å². The van der Waals surface area contributed by atoms with Crippen LogP contribution in [-0.2, 0) is 0 Å². The normalized spacial score (nSPS) is 48.2. The van der Waals surface area contributed by atoms with Gasteiger partial charge in [-0.25, -0.2) is 0 Å². The summed E-state index contributed by atoms with van der Waals surface area (Å²) in [4.78, 5) is 0. The van der Waals surface area contributed by atoms with E-state index in [0.29, 0.717) is 0 Å². The Balaban J connectivity index is 0.000000490. The van der Waals surface area contributed by atoms with Crippen LogP contribution in [0, 0.1) is 23.7 Å². The number of halogens is 1. The molecule has 0 radical (unpaired) electrons. The van der Waals surface area contributed by atoms with Crippen LogP contribution in [0.15, 0.2) is 0 Å². The molecule has 1 nitrogen and oxygen atoms in total. The minimum Gasteiger partial charge on any atom is -0.317 e. The van der Waals surface area contributed by atoms with E-state index >= 15 is 0 Å². The zero-order valence-corrected chi connectivity index (χ0v) is 9.15. The van der Waals surface area contributed by atoms with E-state index < -0.39 is 0 Å². The first-order chi connectivity index (χ1) is 5.90. The summed E-state index contributed by atoms with van der Waals surface area (Å²) in [5.41, 5.74) is 0. The average molecular weight is 218 g/mol. The summed E-state index contributed by atoms with van der Waals surface area (Å²) in [7, 11) is 2.15. The van der Waals surface area contributed by atoms with Gasteiger partial charge in [0.05, 0.1) is 0 Å². The second-order valence-corrected chi connectivity index (χ2v) is 5.05. The van der Waals surface area contributed by atoms with Gasteiger partial charge in [0.1, 0.15) is 0 Å². The lowest BCUT2D eigenvalue weighted by Gasteiger charge is -2.31. The highest BCUT2D eigenvalue weighted by Gasteiger charge is 2.53. The molecule has 3 saturated carbocycles. The Hall–Kier alpha value is 0.250. The Bertz CT molecular complexity index is 193. The Morgan fingerprint density at radius 2 is 1.71 bits per heavy atom. The quantitative estimate of drug-likeness (QED) is 0.712. The van der Waals surface area contributed by atoms with E-state index in [1.54, 1.807) is 19.3 Å². The number of fused-ring (bicyclic) bond motifs is 5. The van der Waals surface area contributed by atoms with Crippen LogP contribution in [0.25, 0.3) is 0 Å². The van der Waals surface area contributed by atoms with E-state index in [2.05, 4.69) is 12.4 Å². The van der Waals surface area contributed by atoms with Crippen LogP contribution < -0.4 is 5.32 Å². The number of rotatable bonds is 1. The first-order valence-corrected chi connectivity index (χ1v) is 5.57. The molecule has 3 fully saturated rings. The second kappa shape index (κ2) is 4.40. The van der Waals surface area contributed by atoms with Crippen molar-refractivity contribution in [2.45, 2.75) is 45.6 Å². The fourth-order valence-electron chi connectivity index (χ4n) is 4.40. The molecule has 0 amide bonds.